The van der Waals surface area contributed by atoms with Crippen molar-refractivity contribution in [3.63, 3.8) is 0 Å². The minimum atomic E-state index is -1.64. The summed E-state index contributed by atoms with van der Waals surface area (Å²) in [7, 11) is 0. The van der Waals surface area contributed by atoms with Crippen LogP contribution in [0.25, 0.3) is 16.9 Å². The summed E-state index contributed by atoms with van der Waals surface area (Å²) in [5.74, 6) is -0.0638. The lowest BCUT2D eigenvalue weighted by molar-refractivity contribution is -0.00177. The van der Waals surface area contributed by atoms with E-state index in [1.165, 1.54) is 26.2 Å². The van der Waals surface area contributed by atoms with Crippen LogP contribution in [0.2, 0.25) is 0 Å². The Hall–Kier alpha value is -3.55. The van der Waals surface area contributed by atoms with Gasteiger partial charge in [-0.25, -0.2) is 14.4 Å². The van der Waals surface area contributed by atoms with E-state index in [0.717, 1.165) is 5.39 Å². The first-order valence-electron chi connectivity index (χ1n) is 10.5. The number of aliphatic hydroxyl groups excluding tert-OH is 1. The van der Waals surface area contributed by atoms with Crippen LogP contribution >= 0.6 is 0 Å². The molecule has 0 aliphatic carbocycles. The molecule has 3 aromatic heterocycles. The third kappa shape index (κ3) is 5.63. The van der Waals surface area contributed by atoms with Gasteiger partial charge in [-0.1, -0.05) is 0 Å². The highest BCUT2D eigenvalue weighted by molar-refractivity contribution is 5.99. The Morgan fingerprint density at radius 2 is 2.09 bits per heavy atom. The van der Waals surface area contributed by atoms with Crippen molar-refractivity contribution in [1.82, 2.24) is 19.9 Å². The lowest BCUT2D eigenvalue weighted by atomic mass is 10.0. The van der Waals surface area contributed by atoms with Crippen LogP contribution in [-0.4, -0.2) is 61.6 Å². The van der Waals surface area contributed by atoms with Gasteiger partial charge in [0.05, 0.1) is 29.0 Å². The molecular formula is C23H27FN6O3. The smallest absolute Gasteiger partial charge is 0.255 e. The van der Waals surface area contributed by atoms with Crippen molar-refractivity contribution in [3.8, 4) is 11.9 Å². The van der Waals surface area contributed by atoms with Crippen LogP contribution in [0.15, 0.2) is 36.8 Å². The molecule has 4 N–H and O–H groups in total. The van der Waals surface area contributed by atoms with E-state index in [4.69, 9.17) is 5.26 Å². The zero-order chi connectivity index (χ0) is 24.2. The van der Waals surface area contributed by atoms with Gasteiger partial charge in [-0.15, -0.1) is 0 Å². The summed E-state index contributed by atoms with van der Waals surface area (Å²) in [6.07, 6.45) is 3.42. The van der Waals surface area contributed by atoms with Crippen molar-refractivity contribution in [2.75, 3.05) is 18.5 Å². The minimum absolute atomic E-state index is 0.0316. The number of alkyl halides is 1. The predicted octanol–water partition coefficient (Wildman–Crippen LogP) is 2.31. The number of amides is 1. The number of carbonyl (C=O) groups excluding carboxylic acids is 1. The molecule has 0 aliphatic heterocycles. The van der Waals surface area contributed by atoms with Gasteiger partial charge in [0.1, 0.15) is 23.7 Å². The SMILES string of the molecule is CC(CCO)Nc1cc(-n2ccc3cc(C#N)cnc32)ncc1C(=O)NCC(F)C(C)(C)O. The Balaban J connectivity index is 1.95. The standard InChI is InChI=1S/C23H27FN6O3/c1-14(5-7-31)29-18-9-20(30-6-4-16-8-15(10-25)11-27-21(16)30)26-12-17(18)22(32)28-13-19(24)23(2,3)33/h4,6,8-9,11-12,14,19,31,33H,5,7,13H2,1-3H3,(H,26,29)(H,28,32). The highest BCUT2D eigenvalue weighted by atomic mass is 19.1. The zero-order valence-electron chi connectivity index (χ0n) is 18.7. The summed E-state index contributed by atoms with van der Waals surface area (Å²) in [4.78, 5) is 21.5. The van der Waals surface area contributed by atoms with Crippen molar-refractivity contribution in [1.29, 1.82) is 5.26 Å². The molecule has 0 aliphatic rings. The monoisotopic (exact) mass is 454 g/mol. The maximum absolute atomic E-state index is 14.1. The van der Waals surface area contributed by atoms with Crippen LogP contribution in [-0.2, 0) is 0 Å². The van der Waals surface area contributed by atoms with Crippen molar-refractivity contribution in [2.24, 2.45) is 0 Å². The number of aliphatic hydroxyl groups is 2. The molecule has 3 heterocycles. The number of nitriles is 1. The van der Waals surface area contributed by atoms with Gasteiger partial charge >= 0.3 is 0 Å². The van der Waals surface area contributed by atoms with Crippen LogP contribution in [0.4, 0.5) is 10.1 Å². The molecule has 33 heavy (non-hydrogen) atoms. The molecule has 3 rings (SSSR count). The lowest BCUT2D eigenvalue weighted by Gasteiger charge is -2.23. The van der Waals surface area contributed by atoms with Gasteiger partial charge in [-0.3, -0.25) is 9.36 Å². The van der Waals surface area contributed by atoms with E-state index in [9.17, 15) is 19.4 Å². The summed E-state index contributed by atoms with van der Waals surface area (Å²) >= 11 is 0. The number of nitrogens with zero attached hydrogens (tertiary/aromatic N) is 4. The van der Waals surface area contributed by atoms with Crippen LogP contribution in [0.1, 0.15) is 43.1 Å². The maximum Gasteiger partial charge on any atom is 0.255 e. The average Bonchev–Trinajstić information content (AvgIpc) is 3.19. The summed E-state index contributed by atoms with van der Waals surface area (Å²) < 4.78 is 15.8. The summed E-state index contributed by atoms with van der Waals surface area (Å²) in [5.41, 5.74) is 0.103. The van der Waals surface area contributed by atoms with E-state index >= 15 is 0 Å². The number of halogens is 1. The van der Waals surface area contributed by atoms with E-state index in [1.54, 1.807) is 22.9 Å². The average molecular weight is 455 g/mol. The number of hydrogen-bond acceptors (Lipinski definition) is 7. The highest BCUT2D eigenvalue weighted by Crippen LogP contribution is 2.24. The van der Waals surface area contributed by atoms with Crippen LogP contribution in [0, 0.1) is 11.3 Å². The molecule has 0 radical (unpaired) electrons. The Bertz CT molecular complexity index is 1180. The molecule has 3 aromatic rings. The molecule has 0 spiro atoms. The largest absolute Gasteiger partial charge is 0.396 e. The molecule has 10 heteroatoms. The van der Waals surface area contributed by atoms with Crippen LogP contribution < -0.4 is 10.6 Å². The normalized spacial score (nSPS) is 13.4. The van der Waals surface area contributed by atoms with Gasteiger partial charge in [0.25, 0.3) is 5.91 Å². The van der Waals surface area contributed by atoms with E-state index in [1.807, 2.05) is 13.0 Å². The van der Waals surface area contributed by atoms with Crippen LogP contribution in [0.3, 0.4) is 0 Å². The fourth-order valence-corrected chi connectivity index (χ4v) is 3.20. The van der Waals surface area contributed by atoms with Gasteiger partial charge < -0.3 is 20.8 Å². The second-order valence-corrected chi connectivity index (χ2v) is 8.41. The molecule has 0 fully saturated rings. The number of rotatable bonds is 9. The molecule has 1 amide bonds. The number of hydrogen-bond donors (Lipinski definition) is 4. The van der Waals surface area contributed by atoms with E-state index in [2.05, 4.69) is 26.7 Å². The predicted molar refractivity (Wildman–Crippen MR) is 122 cm³/mol. The first kappa shape index (κ1) is 24.1. The van der Waals surface area contributed by atoms with E-state index < -0.39 is 17.7 Å². The van der Waals surface area contributed by atoms with Crippen molar-refractivity contribution >= 4 is 22.6 Å². The van der Waals surface area contributed by atoms with Gasteiger partial charge in [-0.05, 0) is 39.3 Å². The van der Waals surface area contributed by atoms with Crippen LogP contribution in [0.5, 0.6) is 0 Å². The Kier molecular flexibility index (Phi) is 7.26. The van der Waals surface area contributed by atoms with E-state index in [-0.39, 0.29) is 24.8 Å². The van der Waals surface area contributed by atoms with Crippen molar-refractivity contribution in [3.05, 3.63) is 47.9 Å². The number of fused-ring (bicyclic) bond motifs is 1. The first-order chi connectivity index (χ1) is 15.6. The number of nitrogens with one attached hydrogen (secondary N) is 2. The minimum Gasteiger partial charge on any atom is -0.396 e. The number of pyridine rings is 2. The summed E-state index contributed by atoms with van der Waals surface area (Å²) in [5, 5.41) is 34.5. The number of anilines is 1. The molecule has 0 saturated heterocycles. The molecule has 9 nitrogen and oxygen atoms in total. The molecule has 174 valence electrons. The molecule has 0 bridgehead atoms. The molecule has 0 aromatic carbocycles. The molecule has 0 saturated carbocycles. The fraction of sp³-hybridized carbons (Fsp3) is 0.391. The third-order valence-corrected chi connectivity index (χ3v) is 5.21. The molecule has 2 unspecified atom stereocenters. The summed E-state index contributed by atoms with van der Waals surface area (Å²) in [6, 6.07) is 7.11. The van der Waals surface area contributed by atoms with Crippen molar-refractivity contribution < 1.29 is 19.4 Å². The Labute approximate surface area is 190 Å². The van der Waals surface area contributed by atoms with Gasteiger partial charge in [-0.2, -0.15) is 5.26 Å². The number of carbonyl (C=O) groups is 1. The number of aromatic nitrogens is 3. The highest BCUT2D eigenvalue weighted by Gasteiger charge is 2.27. The second kappa shape index (κ2) is 9.94. The third-order valence-electron chi connectivity index (χ3n) is 5.21. The Morgan fingerprint density at radius 1 is 1.33 bits per heavy atom. The first-order valence-corrected chi connectivity index (χ1v) is 10.5. The second-order valence-electron chi connectivity index (χ2n) is 8.41. The quantitative estimate of drug-likeness (QED) is 0.389. The molecule has 2 atom stereocenters. The van der Waals surface area contributed by atoms with Crippen molar-refractivity contribution in [2.45, 2.75) is 45.0 Å². The molecular weight excluding hydrogens is 427 g/mol. The zero-order valence-corrected chi connectivity index (χ0v) is 18.7. The van der Waals surface area contributed by atoms with Gasteiger partial charge in [0.2, 0.25) is 0 Å². The maximum atomic E-state index is 14.1. The summed E-state index contributed by atoms with van der Waals surface area (Å²) in [6.45, 7) is 4.14. The van der Waals surface area contributed by atoms with Gasteiger partial charge in [0, 0.05) is 42.7 Å². The van der Waals surface area contributed by atoms with Gasteiger partial charge in [0.15, 0.2) is 0 Å². The Morgan fingerprint density at radius 3 is 2.76 bits per heavy atom. The fourth-order valence-electron chi connectivity index (χ4n) is 3.20. The van der Waals surface area contributed by atoms with E-state index in [0.29, 0.717) is 29.1 Å². The topological polar surface area (TPSA) is 136 Å². The lowest BCUT2D eigenvalue weighted by Crippen LogP contribution is -2.42.